The summed E-state index contributed by atoms with van der Waals surface area (Å²) in [5.41, 5.74) is 5.49. The topological polar surface area (TPSA) is 91.0 Å². The number of amidine groups is 1. The molecule has 0 radical (unpaired) electrons. The first kappa shape index (κ1) is 15.8. The third kappa shape index (κ3) is 5.06. The fraction of sp³-hybridized carbons (Fsp3) is 0.846. The molecule has 1 heterocycles. The van der Waals surface area contributed by atoms with Crippen molar-refractivity contribution in [3.05, 3.63) is 0 Å². The molecule has 4 N–H and O–H groups in total. The lowest BCUT2D eigenvalue weighted by molar-refractivity contribution is -0.123. The van der Waals surface area contributed by atoms with Crippen LogP contribution in [0.3, 0.4) is 0 Å². The van der Waals surface area contributed by atoms with Gasteiger partial charge in [0, 0.05) is 6.54 Å². The Balaban J connectivity index is 2.26. The molecule has 6 heteroatoms. The van der Waals surface area contributed by atoms with Crippen LogP contribution in [-0.4, -0.2) is 48.5 Å². The van der Waals surface area contributed by atoms with Crippen molar-refractivity contribution in [2.24, 2.45) is 22.7 Å². The van der Waals surface area contributed by atoms with E-state index < -0.39 is 5.92 Å². The quantitative estimate of drug-likeness (QED) is 0.285. The zero-order chi connectivity index (χ0) is 14.3. The fourth-order valence-corrected chi connectivity index (χ4v) is 2.47. The molecule has 110 valence electrons. The van der Waals surface area contributed by atoms with Gasteiger partial charge in [0.1, 0.15) is 0 Å². The highest BCUT2D eigenvalue weighted by Crippen LogP contribution is 2.18. The Kier molecular flexibility index (Phi) is 6.62. The predicted octanol–water partition coefficient (Wildman–Crippen LogP) is 0.607. The molecule has 1 saturated heterocycles. The van der Waals surface area contributed by atoms with E-state index in [0.717, 1.165) is 19.5 Å². The molecule has 0 aliphatic carbocycles. The van der Waals surface area contributed by atoms with Gasteiger partial charge in [-0.1, -0.05) is 12.1 Å². The minimum Gasteiger partial charge on any atom is -0.409 e. The summed E-state index contributed by atoms with van der Waals surface area (Å²) in [5, 5.41) is 14.4. The van der Waals surface area contributed by atoms with E-state index in [0.29, 0.717) is 18.9 Å². The summed E-state index contributed by atoms with van der Waals surface area (Å²) in [5.74, 6) is 0.00735. The number of carbonyl (C=O) groups is 1. The number of nitrogens with two attached hydrogens (primary N) is 1. The van der Waals surface area contributed by atoms with Crippen molar-refractivity contribution in [3.63, 3.8) is 0 Å². The Morgan fingerprint density at radius 2 is 2.16 bits per heavy atom. The van der Waals surface area contributed by atoms with Gasteiger partial charge in [-0.05, 0) is 51.7 Å². The monoisotopic (exact) mass is 270 g/mol. The molecular formula is C13H26N4O2. The summed E-state index contributed by atoms with van der Waals surface area (Å²) in [6.45, 7) is 4.79. The SMILES string of the molecule is CCC(C(=O)NCCC1CCN(C)CC1)C(N)=NO. The number of oxime groups is 1. The lowest BCUT2D eigenvalue weighted by atomic mass is 9.94. The van der Waals surface area contributed by atoms with E-state index in [1.54, 1.807) is 0 Å². The molecule has 1 unspecified atom stereocenters. The van der Waals surface area contributed by atoms with Crippen molar-refractivity contribution < 1.29 is 10.0 Å². The van der Waals surface area contributed by atoms with Crippen LogP contribution in [0.15, 0.2) is 5.16 Å². The molecule has 0 aromatic rings. The number of hydrogen-bond acceptors (Lipinski definition) is 4. The van der Waals surface area contributed by atoms with Crippen molar-refractivity contribution in [3.8, 4) is 0 Å². The van der Waals surface area contributed by atoms with Gasteiger partial charge in [0.15, 0.2) is 5.84 Å². The summed E-state index contributed by atoms with van der Waals surface area (Å²) in [7, 11) is 2.14. The van der Waals surface area contributed by atoms with Gasteiger partial charge in [-0.2, -0.15) is 0 Å². The Hall–Kier alpha value is -1.30. The first-order valence-corrected chi connectivity index (χ1v) is 7.02. The summed E-state index contributed by atoms with van der Waals surface area (Å²) in [6.07, 6.45) is 3.94. The van der Waals surface area contributed by atoms with E-state index in [2.05, 4.69) is 22.4 Å². The first-order chi connectivity index (χ1) is 9.08. The molecule has 0 saturated carbocycles. The molecule has 1 fully saturated rings. The van der Waals surface area contributed by atoms with Crippen molar-refractivity contribution in [1.29, 1.82) is 0 Å². The molecule has 1 amide bonds. The molecule has 1 rings (SSSR count). The van der Waals surface area contributed by atoms with Crippen molar-refractivity contribution in [2.75, 3.05) is 26.7 Å². The van der Waals surface area contributed by atoms with Gasteiger partial charge >= 0.3 is 0 Å². The maximum atomic E-state index is 11.9. The number of nitrogens with one attached hydrogen (secondary N) is 1. The van der Waals surface area contributed by atoms with Crippen LogP contribution in [0, 0.1) is 11.8 Å². The summed E-state index contributed by atoms with van der Waals surface area (Å²) >= 11 is 0. The second kappa shape index (κ2) is 7.99. The second-order valence-corrected chi connectivity index (χ2v) is 5.31. The number of rotatable bonds is 6. The van der Waals surface area contributed by atoms with Gasteiger partial charge < -0.3 is 21.2 Å². The van der Waals surface area contributed by atoms with Gasteiger partial charge in [-0.25, -0.2) is 0 Å². The number of amides is 1. The Bertz CT molecular complexity index is 312. The minimum atomic E-state index is -0.525. The molecule has 0 aromatic heterocycles. The zero-order valence-electron chi connectivity index (χ0n) is 11.9. The van der Waals surface area contributed by atoms with Gasteiger partial charge in [0.25, 0.3) is 0 Å². The van der Waals surface area contributed by atoms with Crippen LogP contribution >= 0.6 is 0 Å². The van der Waals surface area contributed by atoms with Gasteiger partial charge in [0.05, 0.1) is 5.92 Å². The summed E-state index contributed by atoms with van der Waals surface area (Å²) < 4.78 is 0. The maximum Gasteiger partial charge on any atom is 0.230 e. The standard InChI is InChI=1S/C13H26N4O2/c1-3-11(12(14)16-19)13(18)15-7-4-10-5-8-17(2)9-6-10/h10-11,19H,3-9H2,1-2H3,(H2,14,16)(H,15,18). The van der Waals surface area contributed by atoms with E-state index >= 15 is 0 Å². The Labute approximate surface area is 115 Å². The normalized spacial score (nSPS) is 20.2. The molecule has 0 bridgehead atoms. The van der Waals surface area contributed by atoms with E-state index in [1.165, 1.54) is 12.8 Å². The average molecular weight is 270 g/mol. The highest BCUT2D eigenvalue weighted by Gasteiger charge is 2.21. The van der Waals surface area contributed by atoms with Crippen LogP contribution in [0.4, 0.5) is 0 Å². The lowest BCUT2D eigenvalue weighted by Gasteiger charge is -2.29. The number of nitrogens with zero attached hydrogens (tertiary/aromatic N) is 2. The smallest absolute Gasteiger partial charge is 0.230 e. The van der Waals surface area contributed by atoms with Crippen LogP contribution in [0.1, 0.15) is 32.6 Å². The molecule has 0 aromatic carbocycles. The lowest BCUT2D eigenvalue weighted by Crippen LogP contribution is -2.39. The van der Waals surface area contributed by atoms with Crippen LogP contribution < -0.4 is 11.1 Å². The third-order valence-electron chi connectivity index (χ3n) is 3.89. The van der Waals surface area contributed by atoms with Crippen LogP contribution in [-0.2, 0) is 4.79 Å². The van der Waals surface area contributed by atoms with Crippen LogP contribution in [0.25, 0.3) is 0 Å². The molecule has 0 spiro atoms. The Morgan fingerprint density at radius 3 is 2.68 bits per heavy atom. The molecule has 1 atom stereocenters. The largest absolute Gasteiger partial charge is 0.409 e. The van der Waals surface area contributed by atoms with Crippen LogP contribution in [0.5, 0.6) is 0 Å². The van der Waals surface area contributed by atoms with E-state index in [4.69, 9.17) is 10.9 Å². The zero-order valence-corrected chi connectivity index (χ0v) is 11.9. The summed E-state index contributed by atoms with van der Waals surface area (Å²) in [4.78, 5) is 14.2. The molecule has 1 aliphatic heterocycles. The van der Waals surface area contributed by atoms with Crippen molar-refractivity contribution in [2.45, 2.75) is 32.6 Å². The molecule has 19 heavy (non-hydrogen) atoms. The highest BCUT2D eigenvalue weighted by atomic mass is 16.4. The van der Waals surface area contributed by atoms with E-state index in [9.17, 15) is 4.79 Å². The summed E-state index contributed by atoms with van der Waals surface area (Å²) in [6, 6.07) is 0. The molecule has 1 aliphatic rings. The van der Waals surface area contributed by atoms with Gasteiger partial charge in [-0.3, -0.25) is 4.79 Å². The minimum absolute atomic E-state index is 0.0145. The van der Waals surface area contributed by atoms with Gasteiger partial charge in [0.2, 0.25) is 5.91 Å². The van der Waals surface area contributed by atoms with E-state index in [1.807, 2.05) is 6.92 Å². The third-order valence-corrected chi connectivity index (χ3v) is 3.89. The van der Waals surface area contributed by atoms with Gasteiger partial charge in [-0.15, -0.1) is 0 Å². The number of hydrogen-bond donors (Lipinski definition) is 3. The molecule has 6 nitrogen and oxygen atoms in total. The number of carbonyl (C=O) groups excluding carboxylic acids is 1. The maximum absolute atomic E-state index is 11.9. The van der Waals surface area contributed by atoms with Crippen molar-refractivity contribution in [1.82, 2.24) is 10.2 Å². The average Bonchev–Trinajstić information content (AvgIpc) is 2.41. The number of piperidine rings is 1. The first-order valence-electron chi connectivity index (χ1n) is 7.02. The van der Waals surface area contributed by atoms with Crippen molar-refractivity contribution >= 4 is 11.7 Å². The Morgan fingerprint density at radius 1 is 1.53 bits per heavy atom. The van der Waals surface area contributed by atoms with Crippen LogP contribution in [0.2, 0.25) is 0 Å². The second-order valence-electron chi connectivity index (χ2n) is 5.31. The molecular weight excluding hydrogens is 244 g/mol. The number of likely N-dealkylation sites (tertiary alicyclic amines) is 1. The predicted molar refractivity (Wildman–Crippen MR) is 75.0 cm³/mol. The van der Waals surface area contributed by atoms with E-state index in [-0.39, 0.29) is 11.7 Å². The fourth-order valence-electron chi connectivity index (χ4n) is 2.47. The highest BCUT2D eigenvalue weighted by molar-refractivity contribution is 6.01.